The zero-order chi connectivity index (χ0) is 16.8. The third kappa shape index (κ3) is 4.33. The van der Waals surface area contributed by atoms with E-state index in [1.807, 2.05) is 19.9 Å². The molecule has 0 aliphatic carbocycles. The maximum atomic E-state index is 4.31. The van der Waals surface area contributed by atoms with Gasteiger partial charge in [0.2, 0.25) is 0 Å². The lowest BCUT2D eigenvalue weighted by molar-refractivity contribution is 0.326. The van der Waals surface area contributed by atoms with Gasteiger partial charge in [-0.3, -0.25) is 4.99 Å². The van der Waals surface area contributed by atoms with E-state index in [0.29, 0.717) is 5.92 Å². The fourth-order valence-electron chi connectivity index (χ4n) is 2.41. The zero-order valence-electron chi connectivity index (χ0n) is 14.9. The Morgan fingerprint density at radius 3 is 2.36 bits per heavy atom. The highest BCUT2D eigenvalue weighted by molar-refractivity contribution is 6.00. The monoisotopic (exact) mass is 298 g/mol. The van der Waals surface area contributed by atoms with Gasteiger partial charge in [0.1, 0.15) is 0 Å². The van der Waals surface area contributed by atoms with Crippen molar-refractivity contribution in [3.05, 3.63) is 54.4 Å². The molecule has 22 heavy (non-hydrogen) atoms. The maximum absolute atomic E-state index is 4.31. The molecule has 1 atom stereocenters. The zero-order valence-corrected chi connectivity index (χ0v) is 14.9. The summed E-state index contributed by atoms with van der Waals surface area (Å²) in [5.74, 6) is 0.612. The van der Waals surface area contributed by atoms with Crippen LogP contribution in [-0.4, -0.2) is 5.71 Å². The van der Waals surface area contributed by atoms with E-state index in [1.54, 1.807) is 6.20 Å². The summed E-state index contributed by atoms with van der Waals surface area (Å²) in [5.41, 5.74) is 4.38. The number of rotatable bonds is 7. The summed E-state index contributed by atoms with van der Waals surface area (Å²) in [5, 5.41) is 3.32. The molecule has 0 bridgehead atoms. The van der Waals surface area contributed by atoms with Crippen molar-refractivity contribution in [3.63, 3.8) is 0 Å². The van der Waals surface area contributed by atoms with Gasteiger partial charge in [-0.2, -0.15) is 0 Å². The van der Waals surface area contributed by atoms with Crippen LogP contribution in [0.4, 0.5) is 5.69 Å². The van der Waals surface area contributed by atoms with Crippen molar-refractivity contribution in [2.24, 2.45) is 10.9 Å². The number of hydrogen-bond acceptors (Lipinski definition) is 2. The third-order valence-electron chi connectivity index (χ3n) is 4.70. The summed E-state index contributed by atoms with van der Waals surface area (Å²) < 4.78 is 0. The molecule has 0 aliphatic heterocycles. The van der Waals surface area contributed by atoms with Crippen LogP contribution in [-0.2, 0) is 5.41 Å². The molecule has 1 N–H and O–H groups in total. The van der Waals surface area contributed by atoms with Gasteiger partial charge in [-0.05, 0) is 49.3 Å². The van der Waals surface area contributed by atoms with Gasteiger partial charge >= 0.3 is 0 Å². The van der Waals surface area contributed by atoms with Gasteiger partial charge in [-0.25, -0.2) is 0 Å². The molecule has 120 valence electrons. The number of allylic oxidation sites excluding steroid dienone is 2. The fraction of sp³-hybridized carbons (Fsp3) is 0.450. The van der Waals surface area contributed by atoms with Crippen molar-refractivity contribution >= 4 is 11.4 Å². The highest BCUT2D eigenvalue weighted by Crippen LogP contribution is 2.35. The Morgan fingerprint density at radius 2 is 1.91 bits per heavy atom. The molecule has 0 aliphatic rings. The molecular weight excluding hydrogens is 268 g/mol. The maximum Gasteiger partial charge on any atom is 0.0600 e. The van der Waals surface area contributed by atoms with E-state index in [-0.39, 0.29) is 5.41 Å². The van der Waals surface area contributed by atoms with Crippen molar-refractivity contribution in [2.45, 2.75) is 53.4 Å². The number of benzene rings is 1. The molecule has 1 rings (SSSR count). The van der Waals surface area contributed by atoms with Crippen LogP contribution in [0.5, 0.6) is 0 Å². The molecule has 1 aromatic carbocycles. The molecule has 0 saturated heterocycles. The van der Waals surface area contributed by atoms with Crippen LogP contribution in [0.25, 0.3) is 0 Å². The molecule has 0 radical (unpaired) electrons. The summed E-state index contributed by atoms with van der Waals surface area (Å²) in [6, 6.07) is 8.69. The van der Waals surface area contributed by atoms with E-state index in [0.717, 1.165) is 23.5 Å². The summed E-state index contributed by atoms with van der Waals surface area (Å²) in [7, 11) is 0. The number of nitrogens with zero attached hydrogens (tertiary/aromatic N) is 1. The van der Waals surface area contributed by atoms with E-state index >= 15 is 0 Å². The number of anilines is 1. The average molecular weight is 298 g/mol. The molecule has 0 heterocycles. The fourth-order valence-corrected chi connectivity index (χ4v) is 2.41. The highest BCUT2D eigenvalue weighted by Gasteiger charge is 2.28. The van der Waals surface area contributed by atoms with Gasteiger partial charge in [0.05, 0.1) is 11.4 Å². The lowest BCUT2D eigenvalue weighted by Crippen LogP contribution is -2.27. The normalized spacial score (nSPS) is 15.1. The molecule has 1 unspecified atom stereocenters. The first-order chi connectivity index (χ1) is 10.3. The van der Waals surface area contributed by atoms with Crippen molar-refractivity contribution in [1.29, 1.82) is 0 Å². The molecule has 2 nitrogen and oxygen atoms in total. The van der Waals surface area contributed by atoms with Gasteiger partial charge < -0.3 is 5.32 Å². The molecule has 0 aromatic heterocycles. The van der Waals surface area contributed by atoms with Crippen LogP contribution in [0, 0.1) is 5.92 Å². The van der Waals surface area contributed by atoms with Crippen LogP contribution < -0.4 is 5.32 Å². The largest absolute Gasteiger partial charge is 0.355 e. The van der Waals surface area contributed by atoms with Gasteiger partial charge in [-0.1, -0.05) is 52.5 Å². The number of aliphatic imine (C=N–C) groups is 1. The highest BCUT2D eigenvalue weighted by atomic mass is 14.9. The lowest BCUT2D eigenvalue weighted by Gasteiger charge is -2.33. The minimum Gasteiger partial charge on any atom is -0.355 e. The lowest BCUT2D eigenvalue weighted by atomic mass is 9.71. The topological polar surface area (TPSA) is 24.4 Å². The minimum atomic E-state index is 0.221. The average Bonchev–Trinajstić information content (AvgIpc) is 2.52. The van der Waals surface area contributed by atoms with Gasteiger partial charge in [0.15, 0.2) is 0 Å². The van der Waals surface area contributed by atoms with Gasteiger partial charge in [0, 0.05) is 11.9 Å². The van der Waals surface area contributed by atoms with Gasteiger partial charge in [0.25, 0.3) is 0 Å². The van der Waals surface area contributed by atoms with Crippen molar-refractivity contribution in [2.75, 3.05) is 5.32 Å². The number of hydrogen-bond donors (Lipinski definition) is 1. The summed E-state index contributed by atoms with van der Waals surface area (Å²) in [6.07, 6.45) is 4.82. The number of nitrogens with one attached hydrogen (secondary N) is 1. The second-order valence-corrected chi connectivity index (χ2v) is 6.30. The Labute approximate surface area is 136 Å². The van der Waals surface area contributed by atoms with E-state index in [1.165, 1.54) is 5.56 Å². The quantitative estimate of drug-likeness (QED) is 0.620. The Balaban J connectivity index is 2.88. The van der Waals surface area contributed by atoms with E-state index < -0.39 is 0 Å². The van der Waals surface area contributed by atoms with Crippen LogP contribution in [0.2, 0.25) is 0 Å². The Kier molecular flexibility index (Phi) is 6.61. The summed E-state index contributed by atoms with van der Waals surface area (Å²) in [4.78, 5) is 4.31. The Hall–Kier alpha value is -1.83. The molecule has 0 spiro atoms. The van der Waals surface area contributed by atoms with Gasteiger partial charge in [-0.15, -0.1) is 0 Å². The molecule has 2 heteroatoms. The van der Waals surface area contributed by atoms with E-state index in [2.05, 4.69) is 68.8 Å². The smallest absolute Gasteiger partial charge is 0.0600 e. The molecular formula is C20H30N2. The predicted octanol–water partition coefficient (Wildman–Crippen LogP) is 5.93. The van der Waals surface area contributed by atoms with Crippen molar-refractivity contribution < 1.29 is 0 Å². The molecule has 1 aromatic rings. The first-order valence-electron chi connectivity index (χ1n) is 8.07. The van der Waals surface area contributed by atoms with Crippen LogP contribution in [0.15, 0.2) is 53.8 Å². The molecule has 0 saturated carbocycles. The van der Waals surface area contributed by atoms with E-state index in [4.69, 9.17) is 0 Å². The molecule has 0 fully saturated rings. The minimum absolute atomic E-state index is 0.221. The summed E-state index contributed by atoms with van der Waals surface area (Å²) >= 11 is 0. The van der Waals surface area contributed by atoms with Crippen molar-refractivity contribution in [3.8, 4) is 0 Å². The molecule has 0 amide bonds. The second-order valence-electron chi connectivity index (χ2n) is 6.30. The predicted molar refractivity (Wildman–Crippen MR) is 99.6 cm³/mol. The third-order valence-corrected chi connectivity index (χ3v) is 4.70. The Bertz CT molecular complexity index is 550. The first-order valence-corrected chi connectivity index (χ1v) is 8.07. The Morgan fingerprint density at radius 1 is 1.32 bits per heavy atom. The van der Waals surface area contributed by atoms with Crippen molar-refractivity contribution in [1.82, 2.24) is 0 Å². The standard InChI is InChI=1S/C20H30N2/c1-8-14-21-16(5)17(6)22-19-12-10-18(11-13-19)20(7,9-2)15(3)4/h8,10-15,22H,6,9H2,1-5,7H3/b14-8-,21-16?. The van der Waals surface area contributed by atoms with Crippen LogP contribution in [0.1, 0.15) is 53.5 Å². The first kappa shape index (κ1) is 18.2. The van der Waals surface area contributed by atoms with E-state index in [9.17, 15) is 0 Å². The van der Waals surface area contributed by atoms with Crippen LogP contribution >= 0.6 is 0 Å². The van der Waals surface area contributed by atoms with Crippen LogP contribution in [0.3, 0.4) is 0 Å². The SMILES string of the molecule is C=C(Nc1ccc(C(C)(CC)C(C)C)cc1)C(C)=N/C=C\C. The second kappa shape index (κ2) is 7.98. The summed E-state index contributed by atoms with van der Waals surface area (Å²) in [6.45, 7) is 17.1.